The molecule has 0 unspecified atom stereocenters. The molecule has 2 N–H and O–H groups in total. The van der Waals surface area contributed by atoms with E-state index in [1.807, 2.05) is 13.8 Å². The molecule has 2 saturated heterocycles. The number of ether oxygens (including phenoxy) is 4. The van der Waals surface area contributed by atoms with Gasteiger partial charge in [-0.2, -0.15) is 0 Å². The summed E-state index contributed by atoms with van der Waals surface area (Å²) >= 11 is 0. The summed E-state index contributed by atoms with van der Waals surface area (Å²) in [7, 11) is 0. The van der Waals surface area contributed by atoms with Crippen molar-refractivity contribution in [2.75, 3.05) is 6.61 Å². The third-order valence-electron chi connectivity index (χ3n) is 3.26. The Labute approximate surface area is 117 Å². The van der Waals surface area contributed by atoms with Crippen LogP contribution in [0, 0.1) is 0 Å². The minimum atomic E-state index is -1.16. The Morgan fingerprint density at radius 3 is 2.50 bits per heavy atom. The van der Waals surface area contributed by atoms with Gasteiger partial charge in [0.25, 0.3) is 0 Å². The summed E-state index contributed by atoms with van der Waals surface area (Å²) in [5.41, 5.74) is 0. The van der Waals surface area contributed by atoms with Crippen LogP contribution in [0.3, 0.4) is 0 Å². The molecule has 0 spiro atoms. The predicted octanol–water partition coefficient (Wildman–Crippen LogP) is -0.421. The average Bonchev–Trinajstić information content (AvgIpc) is 2.63. The molecule has 0 amide bonds. The lowest BCUT2D eigenvalue weighted by Gasteiger charge is -2.43. The van der Waals surface area contributed by atoms with Gasteiger partial charge in [0.2, 0.25) is 0 Å². The topological polar surface area (TPSA) is 94.5 Å². The third-order valence-corrected chi connectivity index (χ3v) is 3.26. The van der Waals surface area contributed by atoms with Crippen LogP contribution in [-0.2, 0) is 23.7 Å². The highest BCUT2D eigenvalue weighted by atomic mass is 16.8. The zero-order valence-corrected chi connectivity index (χ0v) is 12.1. The molecule has 0 saturated carbocycles. The number of aliphatic hydroxyl groups is 2. The summed E-state index contributed by atoms with van der Waals surface area (Å²) in [6, 6.07) is 0. The highest BCUT2D eigenvalue weighted by Gasteiger charge is 2.58. The molecule has 116 valence electrons. The highest BCUT2D eigenvalue weighted by Crippen LogP contribution is 2.37. The summed E-state index contributed by atoms with van der Waals surface area (Å²) < 4.78 is 22.1. The predicted molar refractivity (Wildman–Crippen MR) is 66.8 cm³/mol. The first kappa shape index (κ1) is 15.7. The van der Waals surface area contributed by atoms with Crippen molar-refractivity contribution in [3.8, 4) is 0 Å². The zero-order valence-electron chi connectivity index (χ0n) is 12.1. The maximum absolute atomic E-state index is 11.9. The Bertz CT molecular complexity index is 368. The van der Waals surface area contributed by atoms with Gasteiger partial charge in [0.15, 0.2) is 18.0 Å². The smallest absolute Gasteiger partial charge is 0.338 e. The molecule has 5 atom stereocenters. The normalized spacial score (nSPS) is 37.6. The van der Waals surface area contributed by atoms with Crippen molar-refractivity contribution in [2.24, 2.45) is 0 Å². The summed E-state index contributed by atoms with van der Waals surface area (Å²) in [6.45, 7) is 6.48. The van der Waals surface area contributed by atoms with Crippen LogP contribution in [0.1, 0.15) is 27.7 Å². The minimum Gasteiger partial charge on any atom is -0.455 e. The fourth-order valence-corrected chi connectivity index (χ4v) is 2.54. The second-order valence-corrected chi connectivity index (χ2v) is 5.82. The minimum absolute atomic E-state index is 0.165. The Kier molecular flexibility index (Phi) is 4.36. The first-order chi connectivity index (χ1) is 9.25. The lowest BCUT2D eigenvalue weighted by Crippen LogP contribution is -2.59. The van der Waals surface area contributed by atoms with Crippen LogP contribution in [0.4, 0.5) is 0 Å². The highest BCUT2D eigenvalue weighted by molar-refractivity contribution is 5.78. The fourth-order valence-electron chi connectivity index (χ4n) is 2.54. The maximum Gasteiger partial charge on any atom is 0.338 e. The molecule has 2 heterocycles. The number of hydrogen-bond acceptors (Lipinski definition) is 7. The van der Waals surface area contributed by atoms with E-state index in [-0.39, 0.29) is 6.10 Å². The summed E-state index contributed by atoms with van der Waals surface area (Å²) in [4.78, 5) is 11.9. The molecule has 0 radical (unpaired) electrons. The summed E-state index contributed by atoms with van der Waals surface area (Å²) in [5.74, 6) is -1.54. The number of carbonyl (C=O) groups excluding carboxylic acids is 1. The van der Waals surface area contributed by atoms with E-state index in [2.05, 4.69) is 0 Å². The van der Waals surface area contributed by atoms with Crippen molar-refractivity contribution in [1.29, 1.82) is 0 Å². The van der Waals surface area contributed by atoms with E-state index in [1.54, 1.807) is 13.8 Å². The van der Waals surface area contributed by atoms with E-state index < -0.39 is 48.9 Å². The Balaban J connectivity index is 2.23. The second-order valence-electron chi connectivity index (χ2n) is 5.82. The van der Waals surface area contributed by atoms with Crippen LogP contribution in [-0.4, -0.2) is 65.2 Å². The van der Waals surface area contributed by atoms with Gasteiger partial charge >= 0.3 is 5.97 Å². The number of hydrogen-bond donors (Lipinski definition) is 2. The van der Waals surface area contributed by atoms with E-state index in [9.17, 15) is 9.90 Å². The molecular weight excluding hydrogens is 268 g/mol. The van der Waals surface area contributed by atoms with Crippen molar-refractivity contribution in [3.63, 3.8) is 0 Å². The molecule has 7 nitrogen and oxygen atoms in total. The molecule has 0 aromatic carbocycles. The SMILES string of the molecule is CC(C)O[C@H]1C(=O)O[C@@H]2[C@H]1OC(C)(C)O[C@@H]2[C@H](O)CO. The molecular formula is C13H22O7. The molecule has 2 aliphatic rings. The van der Waals surface area contributed by atoms with Crippen molar-refractivity contribution < 1.29 is 34.0 Å². The van der Waals surface area contributed by atoms with E-state index in [0.29, 0.717) is 0 Å². The van der Waals surface area contributed by atoms with Gasteiger partial charge in [0.05, 0.1) is 12.7 Å². The van der Waals surface area contributed by atoms with Crippen molar-refractivity contribution in [2.45, 2.75) is 70.1 Å². The monoisotopic (exact) mass is 290 g/mol. The first-order valence-corrected chi connectivity index (χ1v) is 6.75. The standard InChI is InChI=1S/C13H22O7/c1-6(2)17-11-10-9(18-12(11)16)8(7(15)5-14)19-13(3,4)20-10/h6-11,14-15H,5H2,1-4H3/t7-,8-,9+,10-,11-/m1/s1. The van der Waals surface area contributed by atoms with Crippen molar-refractivity contribution in [1.82, 2.24) is 0 Å². The fraction of sp³-hybridized carbons (Fsp3) is 0.923. The largest absolute Gasteiger partial charge is 0.455 e. The van der Waals surface area contributed by atoms with Crippen molar-refractivity contribution >= 4 is 5.97 Å². The van der Waals surface area contributed by atoms with Gasteiger partial charge in [-0.1, -0.05) is 0 Å². The Hall–Kier alpha value is -0.730. The van der Waals surface area contributed by atoms with Gasteiger partial charge < -0.3 is 29.2 Å². The molecule has 0 aromatic heterocycles. The molecule has 0 aliphatic carbocycles. The van der Waals surface area contributed by atoms with Gasteiger partial charge in [-0.15, -0.1) is 0 Å². The molecule has 0 bridgehead atoms. The Morgan fingerprint density at radius 1 is 1.30 bits per heavy atom. The summed E-state index contributed by atoms with van der Waals surface area (Å²) in [6.07, 6.45) is -4.48. The van der Waals surface area contributed by atoms with Crippen LogP contribution in [0.15, 0.2) is 0 Å². The molecule has 20 heavy (non-hydrogen) atoms. The third kappa shape index (κ3) is 2.96. The van der Waals surface area contributed by atoms with E-state index in [0.717, 1.165) is 0 Å². The van der Waals surface area contributed by atoms with Crippen LogP contribution in [0.2, 0.25) is 0 Å². The first-order valence-electron chi connectivity index (χ1n) is 6.75. The molecule has 2 aliphatic heterocycles. The van der Waals surface area contributed by atoms with Crippen LogP contribution in [0.25, 0.3) is 0 Å². The van der Waals surface area contributed by atoms with E-state index in [4.69, 9.17) is 24.1 Å². The number of esters is 1. The van der Waals surface area contributed by atoms with Crippen LogP contribution in [0.5, 0.6) is 0 Å². The number of aliphatic hydroxyl groups excluding tert-OH is 2. The van der Waals surface area contributed by atoms with Gasteiger partial charge in [-0.05, 0) is 27.7 Å². The Morgan fingerprint density at radius 2 is 1.95 bits per heavy atom. The number of carbonyl (C=O) groups is 1. The summed E-state index contributed by atoms with van der Waals surface area (Å²) in [5, 5.41) is 19.0. The lowest BCUT2D eigenvalue weighted by molar-refractivity contribution is -0.343. The number of fused-ring (bicyclic) bond motifs is 1. The second kappa shape index (κ2) is 5.57. The molecule has 0 aromatic rings. The van der Waals surface area contributed by atoms with Gasteiger partial charge in [0, 0.05) is 0 Å². The van der Waals surface area contributed by atoms with Crippen LogP contribution < -0.4 is 0 Å². The molecule has 2 rings (SSSR count). The van der Waals surface area contributed by atoms with Crippen LogP contribution >= 0.6 is 0 Å². The quantitative estimate of drug-likeness (QED) is 0.679. The molecule has 2 fully saturated rings. The molecule has 7 heteroatoms. The number of rotatable bonds is 4. The van der Waals surface area contributed by atoms with Gasteiger partial charge in [-0.3, -0.25) is 0 Å². The van der Waals surface area contributed by atoms with Crippen molar-refractivity contribution in [3.05, 3.63) is 0 Å². The lowest BCUT2D eigenvalue weighted by atomic mass is 9.99. The van der Waals surface area contributed by atoms with E-state index in [1.165, 1.54) is 0 Å². The maximum atomic E-state index is 11.9. The van der Waals surface area contributed by atoms with E-state index >= 15 is 0 Å². The van der Waals surface area contributed by atoms with Gasteiger partial charge in [-0.25, -0.2) is 4.79 Å². The average molecular weight is 290 g/mol. The zero-order chi connectivity index (χ0) is 15.1. The van der Waals surface area contributed by atoms with Gasteiger partial charge in [0.1, 0.15) is 18.3 Å².